The Morgan fingerprint density at radius 2 is 2.00 bits per heavy atom. The molecule has 0 spiro atoms. The van der Waals surface area contributed by atoms with Crippen LogP contribution in [0.15, 0.2) is 18.2 Å². The number of aromatic nitrogens is 3. The number of nitrogens with two attached hydrogens (primary N) is 1. The number of rotatable bonds is 4. The molecular weight excluding hydrogens is 373 g/mol. The smallest absolute Gasteiger partial charge is 0.293 e. The first-order chi connectivity index (χ1) is 12.3. The summed E-state index contributed by atoms with van der Waals surface area (Å²) in [5.41, 5.74) is 6.33. The standard InChI is InChI=1S/C18H23Cl2N5O/c1-11(2)16-22-15(17(26)24-8-7-18(3,9-21)10-24)23-25(16)14-12(19)5-4-6-13(14)20/h4-6,11H,7-10,21H2,1-3H3. The number of para-hydroxylation sites is 1. The highest BCUT2D eigenvalue weighted by Gasteiger charge is 2.37. The number of halogens is 2. The van der Waals surface area contributed by atoms with Gasteiger partial charge < -0.3 is 10.6 Å². The molecule has 1 atom stereocenters. The van der Waals surface area contributed by atoms with Gasteiger partial charge in [-0.1, -0.05) is 50.0 Å². The van der Waals surface area contributed by atoms with Crippen molar-refractivity contribution in [2.45, 2.75) is 33.1 Å². The van der Waals surface area contributed by atoms with E-state index in [2.05, 4.69) is 17.0 Å². The Labute approximate surface area is 163 Å². The van der Waals surface area contributed by atoms with Crippen molar-refractivity contribution in [1.29, 1.82) is 0 Å². The normalized spacial score (nSPS) is 20.2. The van der Waals surface area contributed by atoms with Crippen LogP contribution >= 0.6 is 23.2 Å². The average molecular weight is 396 g/mol. The SMILES string of the molecule is CC(C)c1nc(C(=O)N2CCC(C)(CN)C2)nn1-c1c(Cl)cccc1Cl. The molecule has 0 saturated carbocycles. The van der Waals surface area contributed by atoms with Gasteiger partial charge in [0.1, 0.15) is 11.5 Å². The van der Waals surface area contributed by atoms with Crippen molar-refractivity contribution >= 4 is 29.1 Å². The number of benzene rings is 1. The van der Waals surface area contributed by atoms with Crippen LogP contribution in [-0.2, 0) is 0 Å². The molecule has 1 aromatic carbocycles. The third kappa shape index (κ3) is 3.46. The predicted molar refractivity (Wildman–Crippen MR) is 103 cm³/mol. The molecule has 1 aliphatic heterocycles. The molecule has 0 aliphatic carbocycles. The van der Waals surface area contributed by atoms with E-state index in [1.165, 1.54) is 0 Å². The summed E-state index contributed by atoms with van der Waals surface area (Å²) in [5.74, 6) is 0.658. The van der Waals surface area contributed by atoms with E-state index < -0.39 is 0 Å². The second-order valence-electron chi connectivity index (χ2n) is 7.42. The molecule has 1 unspecified atom stereocenters. The summed E-state index contributed by atoms with van der Waals surface area (Å²) < 4.78 is 1.58. The fourth-order valence-electron chi connectivity index (χ4n) is 3.15. The number of amides is 1. The Hall–Kier alpha value is -1.63. The summed E-state index contributed by atoms with van der Waals surface area (Å²) in [6.07, 6.45) is 0.878. The summed E-state index contributed by atoms with van der Waals surface area (Å²) in [5, 5.41) is 5.37. The highest BCUT2D eigenvalue weighted by Crippen LogP contribution is 2.32. The van der Waals surface area contributed by atoms with E-state index in [0.29, 0.717) is 41.2 Å². The Morgan fingerprint density at radius 3 is 2.54 bits per heavy atom. The monoisotopic (exact) mass is 395 g/mol. The van der Waals surface area contributed by atoms with Crippen LogP contribution in [0.1, 0.15) is 49.6 Å². The topological polar surface area (TPSA) is 77.0 Å². The minimum absolute atomic E-state index is 0.0456. The molecule has 1 fully saturated rings. The van der Waals surface area contributed by atoms with E-state index in [-0.39, 0.29) is 23.1 Å². The van der Waals surface area contributed by atoms with E-state index in [9.17, 15) is 4.79 Å². The zero-order chi connectivity index (χ0) is 19.1. The minimum Gasteiger partial charge on any atom is -0.335 e. The van der Waals surface area contributed by atoms with Crippen LogP contribution in [0.4, 0.5) is 0 Å². The maximum Gasteiger partial charge on any atom is 0.293 e. The van der Waals surface area contributed by atoms with Crippen LogP contribution in [0.5, 0.6) is 0 Å². The third-order valence-electron chi connectivity index (χ3n) is 4.83. The van der Waals surface area contributed by atoms with Crippen molar-refractivity contribution < 1.29 is 4.79 Å². The van der Waals surface area contributed by atoms with E-state index in [1.54, 1.807) is 27.8 Å². The molecule has 2 aromatic rings. The van der Waals surface area contributed by atoms with Crippen LogP contribution in [0.3, 0.4) is 0 Å². The Bertz CT molecular complexity index is 815. The van der Waals surface area contributed by atoms with Gasteiger partial charge in [0.05, 0.1) is 10.0 Å². The number of nitrogens with zero attached hydrogens (tertiary/aromatic N) is 4. The summed E-state index contributed by atoms with van der Waals surface area (Å²) in [6, 6.07) is 5.25. The molecule has 8 heteroatoms. The molecule has 1 amide bonds. The molecular formula is C18H23Cl2N5O. The summed E-state index contributed by atoms with van der Waals surface area (Å²) in [7, 11) is 0. The second kappa shape index (κ2) is 7.18. The zero-order valence-corrected chi connectivity index (χ0v) is 16.7. The number of likely N-dealkylation sites (tertiary alicyclic amines) is 1. The second-order valence-corrected chi connectivity index (χ2v) is 8.24. The zero-order valence-electron chi connectivity index (χ0n) is 15.2. The number of hydrogen-bond donors (Lipinski definition) is 1. The van der Waals surface area contributed by atoms with Gasteiger partial charge in [-0.3, -0.25) is 4.79 Å². The summed E-state index contributed by atoms with van der Waals surface area (Å²) in [6.45, 7) is 7.88. The van der Waals surface area contributed by atoms with Crippen molar-refractivity contribution in [3.63, 3.8) is 0 Å². The molecule has 0 radical (unpaired) electrons. The lowest BCUT2D eigenvalue weighted by molar-refractivity contribution is 0.0765. The van der Waals surface area contributed by atoms with Gasteiger partial charge in [0.15, 0.2) is 0 Å². The van der Waals surface area contributed by atoms with Crippen molar-refractivity contribution in [2.75, 3.05) is 19.6 Å². The summed E-state index contributed by atoms with van der Waals surface area (Å²) >= 11 is 12.7. The molecule has 1 aromatic heterocycles. The van der Waals surface area contributed by atoms with Crippen LogP contribution in [0, 0.1) is 5.41 Å². The van der Waals surface area contributed by atoms with Crippen LogP contribution in [-0.4, -0.2) is 45.2 Å². The van der Waals surface area contributed by atoms with E-state index in [1.807, 2.05) is 13.8 Å². The molecule has 1 aliphatic rings. The van der Waals surface area contributed by atoms with Gasteiger partial charge in [0, 0.05) is 19.0 Å². The molecule has 6 nitrogen and oxygen atoms in total. The maximum absolute atomic E-state index is 12.9. The largest absolute Gasteiger partial charge is 0.335 e. The van der Waals surface area contributed by atoms with Gasteiger partial charge in [0.25, 0.3) is 5.91 Å². The first-order valence-corrected chi connectivity index (χ1v) is 9.42. The van der Waals surface area contributed by atoms with Gasteiger partial charge in [-0.25, -0.2) is 9.67 Å². The van der Waals surface area contributed by atoms with Gasteiger partial charge in [-0.2, -0.15) is 0 Å². The number of hydrogen-bond acceptors (Lipinski definition) is 4. The molecule has 1 saturated heterocycles. The number of carbonyl (C=O) groups is 1. The highest BCUT2D eigenvalue weighted by molar-refractivity contribution is 6.37. The minimum atomic E-state index is -0.189. The Balaban J connectivity index is 2.00. The molecule has 0 bridgehead atoms. The van der Waals surface area contributed by atoms with Crippen molar-refractivity contribution in [3.05, 3.63) is 39.9 Å². The predicted octanol–water partition coefficient (Wildman–Crippen LogP) is 3.51. The van der Waals surface area contributed by atoms with Crippen molar-refractivity contribution in [2.24, 2.45) is 11.1 Å². The van der Waals surface area contributed by atoms with Gasteiger partial charge >= 0.3 is 0 Å². The van der Waals surface area contributed by atoms with Gasteiger partial charge in [-0.05, 0) is 30.5 Å². The van der Waals surface area contributed by atoms with Crippen LogP contribution < -0.4 is 5.73 Å². The fraction of sp³-hybridized carbons (Fsp3) is 0.500. The molecule has 2 N–H and O–H groups in total. The lowest BCUT2D eigenvalue weighted by atomic mass is 9.90. The average Bonchev–Trinajstić information content (AvgIpc) is 3.19. The van der Waals surface area contributed by atoms with E-state index in [0.717, 1.165) is 6.42 Å². The first kappa shape index (κ1) is 19.1. The lowest BCUT2D eigenvalue weighted by Crippen LogP contribution is -2.35. The van der Waals surface area contributed by atoms with E-state index >= 15 is 0 Å². The molecule has 2 heterocycles. The first-order valence-electron chi connectivity index (χ1n) is 8.66. The van der Waals surface area contributed by atoms with Crippen molar-refractivity contribution in [1.82, 2.24) is 19.7 Å². The van der Waals surface area contributed by atoms with E-state index in [4.69, 9.17) is 28.9 Å². The Kier molecular flexibility index (Phi) is 5.28. The Morgan fingerprint density at radius 1 is 1.35 bits per heavy atom. The molecule has 3 rings (SSSR count). The molecule has 26 heavy (non-hydrogen) atoms. The summed E-state index contributed by atoms with van der Waals surface area (Å²) in [4.78, 5) is 19.2. The highest BCUT2D eigenvalue weighted by atomic mass is 35.5. The third-order valence-corrected chi connectivity index (χ3v) is 5.44. The van der Waals surface area contributed by atoms with Gasteiger partial charge in [0.2, 0.25) is 5.82 Å². The van der Waals surface area contributed by atoms with Crippen LogP contribution in [0.2, 0.25) is 10.0 Å². The lowest BCUT2D eigenvalue weighted by Gasteiger charge is -2.21. The van der Waals surface area contributed by atoms with Gasteiger partial charge in [-0.15, -0.1) is 5.10 Å². The fourth-order valence-corrected chi connectivity index (χ4v) is 3.71. The van der Waals surface area contributed by atoms with Crippen molar-refractivity contribution in [3.8, 4) is 5.69 Å². The maximum atomic E-state index is 12.9. The quantitative estimate of drug-likeness (QED) is 0.858. The molecule has 140 valence electrons. The number of carbonyl (C=O) groups excluding carboxylic acids is 1. The van der Waals surface area contributed by atoms with Crippen LogP contribution in [0.25, 0.3) is 5.69 Å².